The standard InChI is InChI=1S/C48H32N2O/c1-4-16-33(17-5-1)34-30-31-37(39-24-14-25-40-38-22-11-13-29-46(38)51-48(39)40)45(32-34)50-42-26-12-10-23-41(42)47-43(27-15-28-44(47)50)49(35-18-6-2-7-19-35)36-20-8-3-9-21-36/h1-32H. The van der Waals surface area contributed by atoms with Gasteiger partial charge >= 0.3 is 0 Å². The zero-order valence-corrected chi connectivity index (χ0v) is 27.8. The molecule has 3 heteroatoms. The largest absolute Gasteiger partial charge is 0.455 e. The molecule has 10 rings (SSSR count). The first-order valence-electron chi connectivity index (χ1n) is 17.4. The summed E-state index contributed by atoms with van der Waals surface area (Å²) in [4.78, 5) is 2.37. The van der Waals surface area contributed by atoms with Crippen LogP contribution in [-0.2, 0) is 0 Å². The summed E-state index contributed by atoms with van der Waals surface area (Å²) in [5.41, 5.74) is 13.0. The second-order valence-corrected chi connectivity index (χ2v) is 12.9. The van der Waals surface area contributed by atoms with Crippen molar-refractivity contribution >= 4 is 60.8 Å². The summed E-state index contributed by atoms with van der Waals surface area (Å²) in [5, 5.41) is 4.63. The number of hydrogen-bond donors (Lipinski definition) is 0. The second-order valence-electron chi connectivity index (χ2n) is 12.9. The van der Waals surface area contributed by atoms with Gasteiger partial charge in [-0.05, 0) is 65.7 Å². The van der Waals surface area contributed by atoms with E-state index in [0.29, 0.717) is 0 Å². The molecule has 0 bridgehead atoms. The molecule has 3 nitrogen and oxygen atoms in total. The van der Waals surface area contributed by atoms with Crippen LogP contribution in [-0.4, -0.2) is 4.57 Å². The number of para-hydroxylation sites is 5. The number of fused-ring (bicyclic) bond motifs is 6. The first kappa shape index (κ1) is 29.1. The molecule has 0 spiro atoms. The molecule has 10 aromatic rings. The van der Waals surface area contributed by atoms with Crippen LogP contribution in [0.15, 0.2) is 199 Å². The van der Waals surface area contributed by atoms with Crippen LogP contribution in [0.1, 0.15) is 0 Å². The highest BCUT2D eigenvalue weighted by atomic mass is 16.3. The third kappa shape index (κ3) is 4.74. The fourth-order valence-corrected chi connectivity index (χ4v) is 7.74. The van der Waals surface area contributed by atoms with Crippen molar-refractivity contribution < 1.29 is 4.42 Å². The van der Waals surface area contributed by atoms with E-state index in [1.54, 1.807) is 0 Å². The molecule has 0 aliphatic carbocycles. The van der Waals surface area contributed by atoms with Gasteiger partial charge in [0.25, 0.3) is 0 Å². The highest BCUT2D eigenvalue weighted by Crippen LogP contribution is 2.46. The number of hydrogen-bond acceptors (Lipinski definition) is 2. The van der Waals surface area contributed by atoms with Crippen molar-refractivity contribution in [3.8, 4) is 27.9 Å². The topological polar surface area (TPSA) is 21.3 Å². The fourth-order valence-electron chi connectivity index (χ4n) is 7.74. The van der Waals surface area contributed by atoms with Gasteiger partial charge in [0, 0.05) is 44.0 Å². The van der Waals surface area contributed by atoms with Crippen molar-refractivity contribution in [1.82, 2.24) is 4.57 Å². The van der Waals surface area contributed by atoms with Crippen molar-refractivity contribution in [3.05, 3.63) is 194 Å². The van der Waals surface area contributed by atoms with E-state index in [0.717, 1.165) is 72.4 Å². The molecule has 2 heterocycles. The number of furan rings is 1. The highest BCUT2D eigenvalue weighted by molar-refractivity contribution is 6.17. The Hall–Kier alpha value is -6.84. The van der Waals surface area contributed by atoms with Gasteiger partial charge in [-0.3, -0.25) is 0 Å². The maximum Gasteiger partial charge on any atom is 0.143 e. The third-order valence-corrected chi connectivity index (χ3v) is 9.99. The Morgan fingerprint density at radius 3 is 1.78 bits per heavy atom. The summed E-state index contributed by atoms with van der Waals surface area (Å²) < 4.78 is 9.08. The molecule has 0 atom stereocenters. The summed E-state index contributed by atoms with van der Waals surface area (Å²) in [5.74, 6) is 0. The average molecular weight is 653 g/mol. The Labute approximate surface area is 295 Å². The summed E-state index contributed by atoms with van der Waals surface area (Å²) in [6.45, 7) is 0. The number of rotatable bonds is 6. The van der Waals surface area contributed by atoms with Gasteiger partial charge in [-0.1, -0.05) is 140 Å². The molecule has 0 saturated carbocycles. The molecule has 0 radical (unpaired) electrons. The van der Waals surface area contributed by atoms with Crippen LogP contribution in [0.4, 0.5) is 17.1 Å². The lowest BCUT2D eigenvalue weighted by molar-refractivity contribution is 0.670. The lowest BCUT2D eigenvalue weighted by atomic mass is 9.96. The van der Waals surface area contributed by atoms with Gasteiger partial charge in [-0.15, -0.1) is 0 Å². The van der Waals surface area contributed by atoms with E-state index in [-0.39, 0.29) is 0 Å². The van der Waals surface area contributed by atoms with Crippen LogP contribution in [0.3, 0.4) is 0 Å². The summed E-state index contributed by atoms with van der Waals surface area (Å²) in [7, 11) is 0. The molecule has 8 aromatic carbocycles. The van der Waals surface area contributed by atoms with Crippen LogP contribution in [0.5, 0.6) is 0 Å². The molecule has 0 N–H and O–H groups in total. The van der Waals surface area contributed by atoms with Crippen LogP contribution < -0.4 is 4.90 Å². The molecule has 0 fully saturated rings. The summed E-state index contributed by atoms with van der Waals surface area (Å²) in [6.07, 6.45) is 0. The first-order valence-corrected chi connectivity index (χ1v) is 17.4. The van der Waals surface area contributed by atoms with Gasteiger partial charge in [0.15, 0.2) is 0 Å². The van der Waals surface area contributed by atoms with Crippen LogP contribution >= 0.6 is 0 Å². The predicted molar refractivity (Wildman–Crippen MR) is 214 cm³/mol. The molecule has 0 amide bonds. The minimum atomic E-state index is 0.894. The van der Waals surface area contributed by atoms with Crippen LogP contribution in [0.2, 0.25) is 0 Å². The molecular weight excluding hydrogens is 621 g/mol. The lowest BCUT2D eigenvalue weighted by Gasteiger charge is -2.26. The van der Waals surface area contributed by atoms with Gasteiger partial charge in [-0.2, -0.15) is 0 Å². The number of anilines is 3. The smallest absolute Gasteiger partial charge is 0.143 e. The summed E-state index contributed by atoms with van der Waals surface area (Å²) in [6, 6.07) is 69.1. The Bertz CT molecular complexity index is 2810. The fraction of sp³-hybridized carbons (Fsp3) is 0. The van der Waals surface area contributed by atoms with Gasteiger partial charge < -0.3 is 13.9 Å². The zero-order valence-electron chi connectivity index (χ0n) is 27.8. The Morgan fingerprint density at radius 1 is 0.412 bits per heavy atom. The van der Waals surface area contributed by atoms with Crippen molar-refractivity contribution in [1.29, 1.82) is 0 Å². The molecular formula is C48H32N2O. The van der Waals surface area contributed by atoms with E-state index < -0.39 is 0 Å². The van der Waals surface area contributed by atoms with Crippen molar-refractivity contribution in [2.75, 3.05) is 4.90 Å². The number of nitrogens with zero attached hydrogens (tertiary/aromatic N) is 2. The monoisotopic (exact) mass is 652 g/mol. The van der Waals surface area contributed by atoms with Crippen LogP contribution in [0.25, 0.3) is 71.7 Å². The van der Waals surface area contributed by atoms with Crippen molar-refractivity contribution in [3.63, 3.8) is 0 Å². The van der Waals surface area contributed by atoms with Gasteiger partial charge in [-0.25, -0.2) is 0 Å². The highest BCUT2D eigenvalue weighted by Gasteiger charge is 2.23. The predicted octanol–water partition coefficient (Wildman–Crippen LogP) is 13.5. The Morgan fingerprint density at radius 2 is 1.02 bits per heavy atom. The van der Waals surface area contributed by atoms with Gasteiger partial charge in [0.1, 0.15) is 11.2 Å². The molecule has 0 unspecified atom stereocenters. The maximum absolute atomic E-state index is 6.63. The van der Waals surface area contributed by atoms with Gasteiger partial charge in [0.2, 0.25) is 0 Å². The SMILES string of the molecule is c1ccc(-c2ccc(-c3cccc4c3oc3ccccc34)c(-n3c4ccccc4c4c(N(c5ccccc5)c5ccccc5)cccc43)c2)cc1. The molecule has 0 saturated heterocycles. The van der Waals surface area contributed by atoms with Gasteiger partial charge in [0.05, 0.1) is 22.4 Å². The molecule has 51 heavy (non-hydrogen) atoms. The molecule has 0 aliphatic rings. The minimum absolute atomic E-state index is 0.894. The van der Waals surface area contributed by atoms with E-state index in [4.69, 9.17) is 4.42 Å². The maximum atomic E-state index is 6.63. The van der Waals surface area contributed by atoms with E-state index in [9.17, 15) is 0 Å². The molecule has 0 aliphatic heterocycles. The second kappa shape index (κ2) is 11.9. The molecule has 2 aromatic heterocycles. The van der Waals surface area contributed by atoms with E-state index in [1.807, 2.05) is 6.07 Å². The quantitative estimate of drug-likeness (QED) is 0.178. The third-order valence-electron chi connectivity index (χ3n) is 9.99. The van der Waals surface area contributed by atoms with Crippen molar-refractivity contribution in [2.24, 2.45) is 0 Å². The average Bonchev–Trinajstić information content (AvgIpc) is 3.76. The van der Waals surface area contributed by atoms with Crippen molar-refractivity contribution in [2.45, 2.75) is 0 Å². The van der Waals surface area contributed by atoms with Crippen LogP contribution in [0, 0.1) is 0 Å². The van der Waals surface area contributed by atoms with E-state index in [1.165, 1.54) is 16.3 Å². The summed E-state index contributed by atoms with van der Waals surface area (Å²) >= 11 is 0. The van der Waals surface area contributed by atoms with E-state index in [2.05, 4.69) is 198 Å². The normalized spacial score (nSPS) is 11.5. The Balaban J connectivity index is 1.31. The Kier molecular flexibility index (Phi) is 6.81. The number of aromatic nitrogens is 1. The minimum Gasteiger partial charge on any atom is -0.455 e. The van der Waals surface area contributed by atoms with E-state index >= 15 is 0 Å². The molecule has 240 valence electrons. The number of benzene rings is 8. The first-order chi connectivity index (χ1) is 25.3. The lowest BCUT2D eigenvalue weighted by Crippen LogP contribution is -2.10. The zero-order chi connectivity index (χ0) is 33.7.